The van der Waals surface area contributed by atoms with Crippen LogP contribution in [0.15, 0.2) is 65.9 Å². The SMILES string of the molecule is Cc1ccsc1[O][Zr]([O]c1sccc1C)([C]1=CC=CC1)[C]1=CC=CC1. The summed E-state index contributed by atoms with van der Waals surface area (Å²) in [6, 6.07) is 4.24. The first-order valence-corrected chi connectivity index (χ1v) is 14.6. The zero-order chi connectivity index (χ0) is 17.3. The molecule has 128 valence electrons. The maximum atomic E-state index is 6.87. The molecule has 2 aliphatic carbocycles. The van der Waals surface area contributed by atoms with E-state index in [2.05, 4.69) is 73.2 Å². The van der Waals surface area contributed by atoms with Gasteiger partial charge in [-0.15, -0.1) is 0 Å². The summed E-state index contributed by atoms with van der Waals surface area (Å²) in [5.41, 5.74) is 2.38. The van der Waals surface area contributed by atoms with Gasteiger partial charge < -0.3 is 0 Å². The van der Waals surface area contributed by atoms with E-state index in [1.165, 1.54) is 17.7 Å². The van der Waals surface area contributed by atoms with Crippen LogP contribution in [-0.2, 0) is 21.1 Å². The fourth-order valence-electron chi connectivity index (χ4n) is 3.06. The van der Waals surface area contributed by atoms with Gasteiger partial charge in [-0.05, 0) is 0 Å². The first-order valence-electron chi connectivity index (χ1n) is 8.37. The van der Waals surface area contributed by atoms with E-state index in [4.69, 9.17) is 5.63 Å². The zero-order valence-electron chi connectivity index (χ0n) is 14.3. The standard InChI is InChI=1S/2C5H6OS.2C5H5.Zr/c2*1-4-2-3-7-5(4)6;2*1-2-4-5-3-1;/h2*2-3,6H,1H3;2*1-3H,4H2;/q;;;;+2/p-2. The molecule has 0 atom stereocenters. The van der Waals surface area contributed by atoms with Gasteiger partial charge in [0.15, 0.2) is 0 Å². The van der Waals surface area contributed by atoms with Crippen molar-refractivity contribution in [2.24, 2.45) is 0 Å². The Hall–Kier alpha value is -1.16. The third-order valence-corrected chi connectivity index (χ3v) is 15.4. The van der Waals surface area contributed by atoms with E-state index in [1.807, 2.05) is 0 Å². The van der Waals surface area contributed by atoms with E-state index in [1.54, 1.807) is 22.7 Å². The van der Waals surface area contributed by atoms with E-state index in [0.29, 0.717) is 0 Å². The van der Waals surface area contributed by atoms with Crippen molar-refractivity contribution in [1.82, 2.24) is 0 Å². The molecular weight excluding hydrogens is 428 g/mol. The number of hydrogen-bond acceptors (Lipinski definition) is 4. The summed E-state index contributed by atoms with van der Waals surface area (Å²) in [4.78, 5) is 0. The van der Waals surface area contributed by atoms with Crippen LogP contribution in [0.5, 0.6) is 10.1 Å². The molecule has 2 nitrogen and oxygen atoms in total. The van der Waals surface area contributed by atoms with E-state index in [9.17, 15) is 0 Å². The summed E-state index contributed by atoms with van der Waals surface area (Å²) in [5.74, 6) is 0. The molecule has 5 heteroatoms. The van der Waals surface area contributed by atoms with E-state index in [0.717, 1.165) is 23.0 Å². The van der Waals surface area contributed by atoms with E-state index >= 15 is 0 Å². The van der Waals surface area contributed by atoms with E-state index < -0.39 is 21.1 Å². The summed E-state index contributed by atoms with van der Waals surface area (Å²) < 4.78 is 16.4. The van der Waals surface area contributed by atoms with Crippen molar-refractivity contribution in [1.29, 1.82) is 0 Å². The molecule has 0 radical (unpaired) electrons. The Morgan fingerprint density at radius 2 is 1.28 bits per heavy atom. The fraction of sp³-hybridized carbons (Fsp3) is 0.200. The number of rotatable bonds is 6. The number of allylic oxidation sites excluding steroid dienone is 8. The summed E-state index contributed by atoms with van der Waals surface area (Å²) >= 11 is -0.414. The first kappa shape index (κ1) is 17.3. The summed E-state index contributed by atoms with van der Waals surface area (Å²) in [6.07, 6.45) is 15.0. The second-order valence-electron chi connectivity index (χ2n) is 6.25. The van der Waals surface area contributed by atoms with Crippen LogP contribution in [0.4, 0.5) is 0 Å². The number of aryl methyl sites for hydroxylation is 2. The van der Waals surface area contributed by atoms with Crippen LogP contribution in [0.3, 0.4) is 0 Å². The number of thiophene rings is 2. The molecule has 0 spiro atoms. The van der Waals surface area contributed by atoms with Crippen molar-refractivity contribution in [3.63, 3.8) is 0 Å². The Labute approximate surface area is 162 Å². The van der Waals surface area contributed by atoms with Crippen LogP contribution < -0.4 is 5.63 Å². The molecule has 0 fully saturated rings. The van der Waals surface area contributed by atoms with Gasteiger partial charge in [-0.1, -0.05) is 0 Å². The van der Waals surface area contributed by atoms with Gasteiger partial charge in [0.2, 0.25) is 0 Å². The topological polar surface area (TPSA) is 18.5 Å². The van der Waals surface area contributed by atoms with Gasteiger partial charge in [-0.3, -0.25) is 0 Å². The van der Waals surface area contributed by atoms with Gasteiger partial charge >= 0.3 is 163 Å². The van der Waals surface area contributed by atoms with Crippen molar-refractivity contribution in [2.45, 2.75) is 26.7 Å². The van der Waals surface area contributed by atoms with Crippen LogP contribution in [0.25, 0.3) is 0 Å². The van der Waals surface area contributed by atoms with Crippen LogP contribution in [0, 0.1) is 13.8 Å². The first-order chi connectivity index (χ1) is 12.2. The van der Waals surface area contributed by atoms with Crippen LogP contribution >= 0.6 is 22.7 Å². The Morgan fingerprint density at radius 1 is 0.800 bits per heavy atom. The quantitative estimate of drug-likeness (QED) is 0.499. The molecule has 0 saturated heterocycles. The Morgan fingerprint density at radius 3 is 1.60 bits per heavy atom. The molecule has 25 heavy (non-hydrogen) atoms. The Balaban J connectivity index is 1.81. The molecule has 2 aromatic heterocycles. The summed E-state index contributed by atoms with van der Waals surface area (Å²) in [5, 5.41) is 6.21. The second kappa shape index (κ2) is 7.22. The van der Waals surface area contributed by atoms with Crippen LogP contribution in [0.2, 0.25) is 0 Å². The van der Waals surface area contributed by atoms with Crippen molar-refractivity contribution in [3.8, 4) is 10.1 Å². The van der Waals surface area contributed by atoms with E-state index in [-0.39, 0.29) is 0 Å². The zero-order valence-corrected chi connectivity index (χ0v) is 18.4. The summed E-state index contributed by atoms with van der Waals surface area (Å²) in [7, 11) is 0. The molecular formula is C20H20O2S2Zr. The maximum absolute atomic E-state index is 6.87. The van der Waals surface area contributed by atoms with Gasteiger partial charge in [0.05, 0.1) is 0 Å². The molecule has 2 aliphatic rings. The molecule has 0 aromatic carbocycles. The van der Waals surface area contributed by atoms with Gasteiger partial charge in [0.25, 0.3) is 0 Å². The number of hydrogen-bond donors (Lipinski definition) is 0. The van der Waals surface area contributed by atoms with Gasteiger partial charge in [0, 0.05) is 0 Å². The monoisotopic (exact) mass is 446 g/mol. The Bertz CT molecular complexity index is 824. The second-order valence-corrected chi connectivity index (χ2v) is 15.2. The van der Waals surface area contributed by atoms with Gasteiger partial charge in [-0.25, -0.2) is 0 Å². The van der Waals surface area contributed by atoms with Crippen molar-refractivity contribution in [2.75, 3.05) is 0 Å². The molecule has 0 bridgehead atoms. The molecule has 2 heterocycles. The fourth-order valence-corrected chi connectivity index (χ4v) is 14.5. The molecule has 2 aromatic rings. The molecule has 0 unspecified atom stereocenters. The average molecular weight is 448 g/mol. The molecule has 0 N–H and O–H groups in total. The van der Waals surface area contributed by atoms with Crippen molar-refractivity contribution >= 4 is 22.7 Å². The predicted octanol–water partition coefficient (Wildman–Crippen LogP) is 6.56. The van der Waals surface area contributed by atoms with Crippen LogP contribution in [0.1, 0.15) is 24.0 Å². The third kappa shape index (κ3) is 3.30. The minimum atomic E-state index is -3.75. The van der Waals surface area contributed by atoms with Crippen molar-refractivity contribution in [3.05, 3.63) is 77.0 Å². The average Bonchev–Trinajstić information content (AvgIpc) is 3.36. The predicted molar refractivity (Wildman–Crippen MR) is 103 cm³/mol. The van der Waals surface area contributed by atoms with Crippen LogP contribution in [-0.4, -0.2) is 0 Å². The molecule has 0 saturated carbocycles. The Kier molecular flexibility index (Phi) is 4.99. The van der Waals surface area contributed by atoms with Gasteiger partial charge in [-0.2, -0.15) is 0 Å². The summed E-state index contributed by atoms with van der Waals surface area (Å²) in [6.45, 7) is 4.23. The van der Waals surface area contributed by atoms with Gasteiger partial charge in [0.1, 0.15) is 0 Å². The molecule has 0 aliphatic heterocycles. The van der Waals surface area contributed by atoms with Crippen molar-refractivity contribution < 1.29 is 26.8 Å². The molecule has 4 rings (SSSR count). The minimum absolute atomic E-state index is 0.933. The normalized spacial score (nSPS) is 16.2. The third-order valence-electron chi connectivity index (χ3n) is 4.49. The molecule has 0 amide bonds.